The van der Waals surface area contributed by atoms with E-state index in [4.69, 9.17) is 23.8 Å². The molecule has 3 rings (SSSR count). The third-order valence-electron chi connectivity index (χ3n) is 3.51. The SMILES string of the molecule is Cc1cccc(-c2n[nH]c(=S)n2CC(=O)NNc2cccc(Cl)c2)c1. The molecule has 3 aromatic rings. The van der Waals surface area contributed by atoms with Crippen LogP contribution in [0, 0.1) is 11.7 Å². The second kappa shape index (κ2) is 7.50. The average molecular weight is 374 g/mol. The van der Waals surface area contributed by atoms with Crippen molar-refractivity contribution in [2.75, 3.05) is 5.43 Å². The van der Waals surface area contributed by atoms with Gasteiger partial charge in [0.15, 0.2) is 10.6 Å². The number of halogens is 1. The first-order valence-electron chi connectivity index (χ1n) is 7.55. The molecule has 0 aliphatic rings. The molecule has 0 unspecified atom stereocenters. The average Bonchev–Trinajstić information content (AvgIpc) is 2.94. The molecule has 0 bridgehead atoms. The molecule has 0 atom stereocenters. The van der Waals surface area contributed by atoms with Crippen LogP contribution in [0.1, 0.15) is 5.56 Å². The molecule has 0 saturated carbocycles. The third-order valence-corrected chi connectivity index (χ3v) is 4.05. The van der Waals surface area contributed by atoms with E-state index in [1.807, 2.05) is 31.2 Å². The van der Waals surface area contributed by atoms with Gasteiger partial charge in [0.05, 0.1) is 5.69 Å². The van der Waals surface area contributed by atoms with Crippen molar-refractivity contribution >= 4 is 35.4 Å². The summed E-state index contributed by atoms with van der Waals surface area (Å²) in [5.74, 6) is 0.359. The van der Waals surface area contributed by atoms with Gasteiger partial charge in [0.2, 0.25) is 0 Å². The van der Waals surface area contributed by atoms with Gasteiger partial charge in [-0.25, -0.2) is 0 Å². The van der Waals surface area contributed by atoms with E-state index in [9.17, 15) is 4.79 Å². The summed E-state index contributed by atoms with van der Waals surface area (Å²) in [5.41, 5.74) is 8.13. The molecule has 1 aromatic heterocycles. The molecule has 8 heteroatoms. The highest BCUT2D eigenvalue weighted by Gasteiger charge is 2.12. The Morgan fingerprint density at radius 1 is 1.28 bits per heavy atom. The number of aromatic amines is 1. The number of carbonyl (C=O) groups is 1. The van der Waals surface area contributed by atoms with Crippen LogP contribution in [-0.2, 0) is 11.3 Å². The van der Waals surface area contributed by atoms with E-state index < -0.39 is 0 Å². The molecule has 128 valence electrons. The van der Waals surface area contributed by atoms with E-state index in [-0.39, 0.29) is 12.5 Å². The van der Waals surface area contributed by atoms with Gasteiger partial charge >= 0.3 is 0 Å². The van der Waals surface area contributed by atoms with Crippen LogP contribution < -0.4 is 10.9 Å². The molecule has 0 saturated heterocycles. The van der Waals surface area contributed by atoms with Crippen molar-refractivity contribution in [2.24, 2.45) is 0 Å². The van der Waals surface area contributed by atoms with Gasteiger partial charge in [0.25, 0.3) is 5.91 Å². The van der Waals surface area contributed by atoms with Gasteiger partial charge in [0, 0.05) is 10.6 Å². The van der Waals surface area contributed by atoms with Crippen LogP contribution in [-0.4, -0.2) is 20.7 Å². The Hall–Kier alpha value is -2.64. The maximum absolute atomic E-state index is 12.3. The van der Waals surface area contributed by atoms with E-state index in [0.29, 0.717) is 21.3 Å². The number of hydrazine groups is 1. The van der Waals surface area contributed by atoms with Crippen molar-refractivity contribution in [1.29, 1.82) is 0 Å². The maximum atomic E-state index is 12.3. The number of hydrogen-bond donors (Lipinski definition) is 3. The van der Waals surface area contributed by atoms with Crippen LogP contribution in [0.15, 0.2) is 48.5 Å². The van der Waals surface area contributed by atoms with Crippen LogP contribution >= 0.6 is 23.8 Å². The molecule has 6 nitrogen and oxygen atoms in total. The summed E-state index contributed by atoms with van der Waals surface area (Å²) in [7, 11) is 0. The number of hydrogen-bond acceptors (Lipinski definition) is 4. The standard InChI is InChI=1S/C17H16ClN5OS/c1-11-4-2-5-12(8-11)16-21-22-17(25)23(16)10-15(24)20-19-14-7-3-6-13(18)9-14/h2-9,19H,10H2,1H3,(H,20,24)(H,22,25). The van der Waals surface area contributed by atoms with Crippen LogP contribution in [0.3, 0.4) is 0 Å². The highest BCUT2D eigenvalue weighted by molar-refractivity contribution is 7.71. The fraction of sp³-hybridized carbons (Fsp3) is 0.118. The zero-order valence-corrected chi connectivity index (χ0v) is 15.0. The molecule has 25 heavy (non-hydrogen) atoms. The lowest BCUT2D eigenvalue weighted by atomic mass is 10.1. The van der Waals surface area contributed by atoms with Gasteiger partial charge in [-0.05, 0) is 43.4 Å². The number of anilines is 1. The number of nitrogens with one attached hydrogen (secondary N) is 3. The molecule has 2 aromatic carbocycles. The summed E-state index contributed by atoms with van der Waals surface area (Å²) in [4.78, 5) is 12.3. The summed E-state index contributed by atoms with van der Waals surface area (Å²) in [5, 5.41) is 7.56. The van der Waals surface area contributed by atoms with Crippen molar-refractivity contribution in [3.63, 3.8) is 0 Å². The first-order chi connectivity index (χ1) is 12.0. The Morgan fingerprint density at radius 2 is 2.08 bits per heavy atom. The Kier molecular flexibility index (Phi) is 5.16. The van der Waals surface area contributed by atoms with Gasteiger partial charge in [-0.2, -0.15) is 5.10 Å². The minimum atomic E-state index is -0.258. The molecule has 0 radical (unpaired) electrons. The molecule has 0 spiro atoms. The topological polar surface area (TPSA) is 74.7 Å². The Labute approximate surface area is 154 Å². The van der Waals surface area contributed by atoms with Gasteiger partial charge in [0.1, 0.15) is 6.54 Å². The Morgan fingerprint density at radius 3 is 2.84 bits per heavy atom. The largest absolute Gasteiger partial charge is 0.299 e. The molecule has 1 heterocycles. The molecule has 0 aliphatic heterocycles. The summed E-state index contributed by atoms with van der Waals surface area (Å²) in [6.07, 6.45) is 0. The molecular weight excluding hydrogens is 358 g/mol. The second-order valence-corrected chi connectivity index (χ2v) is 6.31. The van der Waals surface area contributed by atoms with Crippen molar-refractivity contribution in [3.8, 4) is 11.4 Å². The van der Waals surface area contributed by atoms with Gasteiger partial charge in [-0.1, -0.05) is 41.4 Å². The number of nitrogens with zero attached hydrogens (tertiary/aromatic N) is 2. The first-order valence-corrected chi connectivity index (χ1v) is 8.34. The minimum Gasteiger partial charge on any atom is -0.299 e. The van der Waals surface area contributed by atoms with Crippen LogP contribution in [0.4, 0.5) is 5.69 Å². The molecule has 1 amide bonds. The lowest BCUT2D eigenvalue weighted by molar-refractivity contribution is -0.121. The Balaban J connectivity index is 1.73. The first kappa shape index (κ1) is 17.2. The van der Waals surface area contributed by atoms with Crippen LogP contribution in [0.2, 0.25) is 5.02 Å². The van der Waals surface area contributed by atoms with Crippen molar-refractivity contribution in [2.45, 2.75) is 13.5 Å². The maximum Gasteiger partial charge on any atom is 0.258 e. The van der Waals surface area contributed by atoms with Crippen LogP contribution in [0.25, 0.3) is 11.4 Å². The summed E-state index contributed by atoms with van der Waals surface area (Å²) >= 11 is 11.2. The van der Waals surface area contributed by atoms with Crippen LogP contribution in [0.5, 0.6) is 0 Å². The fourth-order valence-electron chi connectivity index (χ4n) is 2.36. The minimum absolute atomic E-state index is 0.0339. The smallest absolute Gasteiger partial charge is 0.258 e. The number of aromatic nitrogens is 3. The number of benzene rings is 2. The predicted molar refractivity (Wildman–Crippen MR) is 101 cm³/mol. The monoisotopic (exact) mass is 373 g/mol. The quantitative estimate of drug-likeness (QED) is 0.470. The van der Waals surface area contributed by atoms with Gasteiger partial charge in [-0.3, -0.25) is 25.3 Å². The lowest BCUT2D eigenvalue weighted by Crippen LogP contribution is -2.32. The number of H-pyrrole nitrogens is 1. The zero-order chi connectivity index (χ0) is 17.8. The third kappa shape index (κ3) is 4.26. The number of rotatable bonds is 5. The normalized spacial score (nSPS) is 10.5. The molecule has 0 aliphatic carbocycles. The van der Waals surface area contributed by atoms with Gasteiger partial charge in [-0.15, -0.1) is 0 Å². The molecule has 3 N–H and O–H groups in total. The van der Waals surface area contributed by atoms with E-state index in [0.717, 1.165) is 11.1 Å². The second-order valence-electron chi connectivity index (χ2n) is 5.49. The summed E-state index contributed by atoms with van der Waals surface area (Å²) in [6.45, 7) is 2.03. The highest BCUT2D eigenvalue weighted by Crippen LogP contribution is 2.18. The van der Waals surface area contributed by atoms with Gasteiger partial charge < -0.3 is 0 Å². The zero-order valence-electron chi connectivity index (χ0n) is 13.4. The van der Waals surface area contributed by atoms with E-state index in [1.54, 1.807) is 28.8 Å². The van der Waals surface area contributed by atoms with Crippen molar-refractivity contribution in [3.05, 3.63) is 63.9 Å². The molecule has 0 fully saturated rings. The summed E-state index contributed by atoms with van der Waals surface area (Å²) < 4.78 is 2.04. The van der Waals surface area contributed by atoms with E-state index in [2.05, 4.69) is 21.0 Å². The number of aryl methyl sites for hydroxylation is 1. The van der Waals surface area contributed by atoms with E-state index >= 15 is 0 Å². The Bertz CT molecular complexity index is 965. The lowest BCUT2D eigenvalue weighted by Gasteiger charge is -2.10. The van der Waals surface area contributed by atoms with Crippen molar-refractivity contribution < 1.29 is 4.79 Å². The van der Waals surface area contributed by atoms with E-state index in [1.165, 1.54) is 0 Å². The fourth-order valence-corrected chi connectivity index (χ4v) is 2.75. The highest BCUT2D eigenvalue weighted by atomic mass is 35.5. The predicted octanol–water partition coefficient (Wildman–Crippen LogP) is 3.71. The number of amides is 1. The molecular formula is C17H16ClN5OS. The summed E-state index contributed by atoms with van der Waals surface area (Å²) in [6, 6.07) is 14.9. The van der Waals surface area contributed by atoms with Crippen molar-refractivity contribution in [1.82, 2.24) is 20.2 Å². The number of carbonyl (C=O) groups excluding carboxylic acids is 1.